The minimum atomic E-state index is -0.362. The number of benzene rings is 1. The minimum Gasteiger partial charge on any atom is -0.426 e. The lowest BCUT2D eigenvalue weighted by Gasteiger charge is -2.11. The van der Waals surface area contributed by atoms with E-state index in [1.54, 1.807) is 32.0 Å². The molecule has 1 aromatic carbocycles. The van der Waals surface area contributed by atoms with Crippen LogP contribution in [0.3, 0.4) is 0 Å². The molecule has 0 amide bonds. The van der Waals surface area contributed by atoms with E-state index in [0.717, 1.165) is 5.56 Å². The number of hydrogen-bond acceptors (Lipinski definition) is 3. The van der Waals surface area contributed by atoms with Crippen LogP contribution in [0.2, 0.25) is 0 Å². The van der Waals surface area contributed by atoms with Gasteiger partial charge in [-0.1, -0.05) is 19.9 Å². The smallest absolute Gasteiger partial charge is 0.313 e. The lowest BCUT2D eigenvalue weighted by Crippen LogP contribution is -2.17. The van der Waals surface area contributed by atoms with Gasteiger partial charge in [-0.25, -0.2) is 0 Å². The van der Waals surface area contributed by atoms with Gasteiger partial charge in [-0.3, -0.25) is 9.59 Å². The Kier molecular flexibility index (Phi) is 4.70. The van der Waals surface area contributed by atoms with Crippen molar-refractivity contribution in [2.24, 2.45) is 5.92 Å². The highest BCUT2D eigenvalue weighted by atomic mass is 35.5. The lowest BCUT2D eigenvalue weighted by molar-refractivity contribution is -0.137. The predicted octanol–water partition coefficient (Wildman–Crippen LogP) is 2.98. The number of ketones is 1. The first kappa shape index (κ1) is 13.7. The van der Waals surface area contributed by atoms with Crippen molar-refractivity contribution >= 4 is 23.4 Å². The van der Waals surface area contributed by atoms with Crippen LogP contribution in [0, 0.1) is 12.8 Å². The van der Waals surface area contributed by atoms with Crippen LogP contribution >= 0.6 is 11.6 Å². The van der Waals surface area contributed by atoms with Gasteiger partial charge in [0.05, 0.1) is 17.4 Å². The van der Waals surface area contributed by atoms with Crippen LogP contribution < -0.4 is 4.74 Å². The summed E-state index contributed by atoms with van der Waals surface area (Å²) in [5, 5.41) is 0. The Labute approximate surface area is 106 Å². The first-order valence-electron chi connectivity index (χ1n) is 5.37. The number of aryl methyl sites for hydroxylation is 1. The normalized spacial score (nSPS) is 10.4. The van der Waals surface area contributed by atoms with Crippen molar-refractivity contribution in [1.29, 1.82) is 0 Å². The van der Waals surface area contributed by atoms with Gasteiger partial charge < -0.3 is 4.74 Å². The highest BCUT2D eigenvalue weighted by Gasteiger charge is 2.16. The number of carbonyl (C=O) groups is 2. The van der Waals surface area contributed by atoms with Crippen molar-refractivity contribution in [3.05, 3.63) is 29.3 Å². The number of carbonyl (C=O) groups excluding carboxylic acids is 2. The van der Waals surface area contributed by atoms with Crippen molar-refractivity contribution in [2.45, 2.75) is 20.8 Å². The molecular weight excluding hydrogens is 240 g/mol. The molecule has 17 heavy (non-hydrogen) atoms. The highest BCUT2D eigenvalue weighted by Crippen LogP contribution is 2.22. The van der Waals surface area contributed by atoms with Crippen LogP contribution in [-0.2, 0) is 4.79 Å². The zero-order chi connectivity index (χ0) is 13.0. The van der Waals surface area contributed by atoms with Crippen LogP contribution in [0.25, 0.3) is 0 Å². The van der Waals surface area contributed by atoms with Gasteiger partial charge >= 0.3 is 5.97 Å². The first-order chi connectivity index (χ1) is 7.95. The minimum absolute atomic E-state index is 0.130. The van der Waals surface area contributed by atoms with Gasteiger partial charge in [0.2, 0.25) is 0 Å². The zero-order valence-corrected chi connectivity index (χ0v) is 10.9. The van der Waals surface area contributed by atoms with E-state index in [9.17, 15) is 9.59 Å². The molecular formula is C13H15ClO3. The molecule has 0 fully saturated rings. The van der Waals surface area contributed by atoms with E-state index in [4.69, 9.17) is 16.3 Å². The Morgan fingerprint density at radius 2 is 2.00 bits per heavy atom. The summed E-state index contributed by atoms with van der Waals surface area (Å²) in [6, 6.07) is 5.08. The fourth-order valence-corrected chi connectivity index (χ4v) is 1.39. The monoisotopic (exact) mass is 254 g/mol. The molecule has 0 aromatic heterocycles. The van der Waals surface area contributed by atoms with Gasteiger partial charge in [0, 0.05) is 0 Å². The van der Waals surface area contributed by atoms with Gasteiger partial charge in [-0.2, -0.15) is 0 Å². The van der Waals surface area contributed by atoms with Crippen molar-refractivity contribution in [2.75, 3.05) is 5.88 Å². The van der Waals surface area contributed by atoms with Gasteiger partial charge in [0.25, 0.3) is 0 Å². The number of rotatable bonds is 4. The van der Waals surface area contributed by atoms with E-state index in [0.29, 0.717) is 5.56 Å². The molecule has 0 unspecified atom stereocenters. The molecule has 0 aliphatic heterocycles. The Morgan fingerprint density at radius 1 is 1.35 bits per heavy atom. The molecule has 0 spiro atoms. The fourth-order valence-electron chi connectivity index (χ4n) is 1.24. The van der Waals surface area contributed by atoms with Crippen molar-refractivity contribution < 1.29 is 14.3 Å². The average molecular weight is 255 g/mol. The molecule has 92 valence electrons. The van der Waals surface area contributed by atoms with E-state index in [1.165, 1.54) is 0 Å². The van der Waals surface area contributed by atoms with E-state index < -0.39 is 0 Å². The van der Waals surface area contributed by atoms with Crippen LogP contribution in [0.15, 0.2) is 18.2 Å². The molecule has 0 heterocycles. The third-order valence-corrected chi connectivity index (χ3v) is 2.48. The topological polar surface area (TPSA) is 43.4 Å². The predicted molar refractivity (Wildman–Crippen MR) is 66.7 cm³/mol. The molecule has 0 atom stereocenters. The Morgan fingerprint density at radius 3 is 2.53 bits per heavy atom. The summed E-state index contributed by atoms with van der Waals surface area (Å²) in [6.45, 7) is 5.34. The van der Waals surface area contributed by atoms with E-state index >= 15 is 0 Å². The highest BCUT2D eigenvalue weighted by molar-refractivity contribution is 6.30. The number of hydrogen-bond donors (Lipinski definition) is 0. The molecule has 0 aliphatic carbocycles. The zero-order valence-electron chi connectivity index (χ0n) is 10.1. The van der Waals surface area contributed by atoms with Crippen molar-refractivity contribution in [1.82, 2.24) is 0 Å². The molecule has 4 heteroatoms. The second kappa shape index (κ2) is 5.82. The lowest BCUT2D eigenvalue weighted by atomic mass is 10.1. The van der Waals surface area contributed by atoms with Crippen LogP contribution in [-0.4, -0.2) is 17.6 Å². The average Bonchev–Trinajstić information content (AvgIpc) is 2.28. The van der Waals surface area contributed by atoms with Crippen LogP contribution in [0.4, 0.5) is 0 Å². The second-order valence-corrected chi connectivity index (χ2v) is 4.40. The maximum Gasteiger partial charge on any atom is 0.313 e. The number of halogens is 1. The summed E-state index contributed by atoms with van der Waals surface area (Å²) >= 11 is 5.51. The maximum atomic E-state index is 11.6. The van der Waals surface area contributed by atoms with Gasteiger partial charge in [-0.15, -0.1) is 11.6 Å². The van der Waals surface area contributed by atoms with E-state index in [1.807, 2.05) is 6.92 Å². The summed E-state index contributed by atoms with van der Waals surface area (Å²) in [7, 11) is 0. The molecule has 3 nitrogen and oxygen atoms in total. The molecule has 0 bridgehead atoms. The largest absolute Gasteiger partial charge is 0.426 e. The second-order valence-electron chi connectivity index (χ2n) is 4.13. The molecule has 0 aliphatic rings. The molecule has 0 saturated heterocycles. The number of esters is 1. The molecule has 0 saturated carbocycles. The summed E-state index contributed by atoms with van der Waals surface area (Å²) in [6.07, 6.45) is 0. The van der Waals surface area contributed by atoms with E-state index in [-0.39, 0.29) is 29.3 Å². The van der Waals surface area contributed by atoms with Crippen molar-refractivity contribution in [3.63, 3.8) is 0 Å². The van der Waals surface area contributed by atoms with Crippen molar-refractivity contribution in [3.8, 4) is 5.75 Å². The number of alkyl halides is 1. The number of Topliss-reactive ketones (excluding diaryl/α,β-unsaturated/α-hetero) is 1. The van der Waals surface area contributed by atoms with Gasteiger partial charge in [-0.05, 0) is 24.6 Å². The summed E-state index contributed by atoms with van der Waals surface area (Å²) < 4.78 is 5.19. The quantitative estimate of drug-likeness (QED) is 0.359. The Hall–Kier alpha value is -1.35. The van der Waals surface area contributed by atoms with Crippen LogP contribution in [0.1, 0.15) is 29.8 Å². The number of ether oxygens (including phenoxy) is 1. The summed E-state index contributed by atoms with van der Waals surface area (Å²) in [5.74, 6) is -0.698. The molecule has 1 rings (SSSR count). The standard InChI is InChI=1S/C13H15ClO3/c1-8(2)13(16)17-12-6-9(3)4-5-10(12)11(15)7-14/h4-6,8H,7H2,1-3H3. The summed E-state index contributed by atoms with van der Waals surface area (Å²) in [4.78, 5) is 23.1. The first-order valence-corrected chi connectivity index (χ1v) is 5.90. The third kappa shape index (κ3) is 3.56. The molecule has 0 N–H and O–H groups in total. The van der Waals surface area contributed by atoms with Gasteiger partial charge in [0.1, 0.15) is 5.75 Å². The SMILES string of the molecule is Cc1ccc(C(=O)CCl)c(OC(=O)C(C)C)c1. The van der Waals surface area contributed by atoms with Crippen LogP contribution in [0.5, 0.6) is 5.75 Å². The Bertz CT molecular complexity index is 438. The Balaban J connectivity index is 3.07. The molecule has 1 aromatic rings. The van der Waals surface area contributed by atoms with Gasteiger partial charge in [0.15, 0.2) is 5.78 Å². The fraction of sp³-hybridized carbons (Fsp3) is 0.385. The molecule has 0 radical (unpaired) electrons. The van der Waals surface area contributed by atoms with E-state index in [2.05, 4.69) is 0 Å². The maximum absolute atomic E-state index is 11.6. The third-order valence-electron chi connectivity index (χ3n) is 2.24. The summed E-state index contributed by atoms with van der Waals surface area (Å²) in [5.41, 5.74) is 1.27.